The number of anilines is 2. The first-order valence-electron chi connectivity index (χ1n) is 8.85. The van der Waals surface area contributed by atoms with Gasteiger partial charge in [0.2, 0.25) is 17.7 Å². The van der Waals surface area contributed by atoms with Crippen molar-refractivity contribution in [1.29, 1.82) is 0 Å². The highest BCUT2D eigenvalue weighted by atomic mass is 35.5. The zero-order chi connectivity index (χ0) is 20.1. The zero-order valence-electron chi connectivity index (χ0n) is 15.0. The quantitative estimate of drug-likeness (QED) is 0.703. The summed E-state index contributed by atoms with van der Waals surface area (Å²) < 4.78 is 0. The summed E-state index contributed by atoms with van der Waals surface area (Å²) in [4.78, 5) is 38.4. The maximum Gasteiger partial charge on any atom is 0.239 e. The first-order chi connectivity index (χ1) is 13.5. The minimum absolute atomic E-state index is 0.123. The van der Waals surface area contributed by atoms with E-state index in [1.54, 1.807) is 30.3 Å². The van der Waals surface area contributed by atoms with Gasteiger partial charge in [0.1, 0.15) is 5.92 Å². The molecule has 1 aliphatic heterocycles. The molecule has 6 nitrogen and oxygen atoms in total. The summed E-state index contributed by atoms with van der Waals surface area (Å²) in [5, 5.41) is 6.17. The summed E-state index contributed by atoms with van der Waals surface area (Å²) in [5.74, 6) is -1.64. The van der Waals surface area contributed by atoms with Crippen molar-refractivity contribution < 1.29 is 14.4 Å². The van der Waals surface area contributed by atoms with Gasteiger partial charge < -0.3 is 15.5 Å². The second-order valence-corrected chi connectivity index (χ2v) is 7.20. The van der Waals surface area contributed by atoms with Crippen molar-refractivity contribution in [3.05, 3.63) is 58.6 Å². The largest absolute Gasteiger partial charge is 0.355 e. The van der Waals surface area contributed by atoms with Gasteiger partial charge in [-0.2, -0.15) is 0 Å². The number of hydrogen-bond donors (Lipinski definition) is 2. The van der Waals surface area contributed by atoms with Crippen LogP contribution in [0, 0.1) is 5.92 Å². The van der Waals surface area contributed by atoms with Crippen molar-refractivity contribution in [2.75, 3.05) is 23.3 Å². The molecule has 0 saturated carbocycles. The summed E-state index contributed by atoms with van der Waals surface area (Å²) >= 11 is 11.9. The summed E-state index contributed by atoms with van der Waals surface area (Å²) in [7, 11) is 0. The maximum atomic E-state index is 12.6. The Bertz CT molecular complexity index is 890. The molecule has 1 heterocycles. The van der Waals surface area contributed by atoms with Crippen LogP contribution in [0.3, 0.4) is 0 Å². The number of nitrogens with zero attached hydrogens (tertiary/aromatic N) is 1. The fourth-order valence-electron chi connectivity index (χ4n) is 3.00. The minimum atomic E-state index is -0.772. The average Bonchev–Trinajstić information content (AvgIpc) is 3.06. The molecule has 2 aromatic carbocycles. The van der Waals surface area contributed by atoms with Crippen LogP contribution < -0.4 is 15.5 Å². The van der Waals surface area contributed by atoms with Gasteiger partial charge in [0.15, 0.2) is 0 Å². The molecule has 28 heavy (non-hydrogen) atoms. The van der Waals surface area contributed by atoms with Gasteiger partial charge in [0.05, 0.1) is 10.0 Å². The van der Waals surface area contributed by atoms with Gasteiger partial charge in [-0.25, -0.2) is 0 Å². The Kier molecular flexibility index (Phi) is 6.54. The summed E-state index contributed by atoms with van der Waals surface area (Å²) in [6.45, 7) is 0.581. The molecule has 0 radical (unpaired) electrons. The van der Waals surface area contributed by atoms with Crippen molar-refractivity contribution in [2.45, 2.75) is 12.8 Å². The molecule has 1 aliphatic rings. The number of hydrogen-bond acceptors (Lipinski definition) is 3. The Morgan fingerprint density at radius 2 is 1.82 bits per heavy atom. The fraction of sp³-hybridized carbons (Fsp3) is 0.250. The van der Waals surface area contributed by atoms with Crippen molar-refractivity contribution in [1.82, 2.24) is 5.32 Å². The molecule has 1 saturated heterocycles. The lowest BCUT2D eigenvalue weighted by atomic mass is 10.1. The van der Waals surface area contributed by atoms with E-state index < -0.39 is 5.92 Å². The molecular weight excluding hydrogens is 401 g/mol. The van der Waals surface area contributed by atoms with Gasteiger partial charge in [-0.05, 0) is 36.8 Å². The molecule has 1 unspecified atom stereocenters. The normalized spacial score (nSPS) is 16.1. The highest BCUT2D eigenvalue weighted by molar-refractivity contribution is 6.42. The van der Waals surface area contributed by atoms with Crippen LogP contribution in [0.4, 0.5) is 11.4 Å². The van der Waals surface area contributed by atoms with Crippen molar-refractivity contribution in [3.63, 3.8) is 0 Å². The Morgan fingerprint density at radius 3 is 2.54 bits per heavy atom. The number of carbonyl (C=O) groups is 3. The predicted molar refractivity (Wildman–Crippen MR) is 110 cm³/mol. The molecule has 0 aromatic heterocycles. The highest BCUT2D eigenvalue weighted by Crippen LogP contribution is 2.31. The van der Waals surface area contributed by atoms with E-state index >= 15 is 0 Å². The van der Waals surface area contributed by atoms with E-state index in [0.717, 1.165) is 0 Å². The monoisotopic (exact) mass is 419 g/mol. The number of carbonyl (C=O) groups excluding carboxylic acids is 3. The fourth-order valence-corrected chi connectivity index (χ4v) is 3.29. The second-order valence-electron chi connectivity index (χ2n) is 6.38. The Balaban J connectivity index is 1.49. The smallest absolute Gasteiger partial charge is 0.239 e. The van der Waals surface area contributed by atoms with Crippen molar-refractivity contribution in [3.8, 4) is 0 Å². The number of para-hydroxylation sites is 1. The second kappa shape index (κ2) is 9.08. The molecule has 0 aliphatic carbocycles. The third-order valence-electron chi connectivity index (χ3n) is 4.45. The topological polar surface area (TPSA) is 78.5 Å². The van der Waals surface area contributed by atoms with Crippen LogP contribution in [-0.4, -0.2) is 30.8 Å². The van der Waals surface area contributed by atoms with E-state index in [9.17, 15) is 14.4 Å². The molecule has 2 N–H and O–H groups in total. The lowest BCUT2D eigenvalue weighted by molar-refractivity contribution is -0.132. The number of rotatable bonds is 6. The summed E-state index contributed by atoms with van der Waals surface area (Å²) in [6.07, 6.45) is 0.527. The van der Waals surface area contributed by atoms with Gasteiger partial charge in [-0.1, -0.05) is 41.4 Å². The minimum Gasteiger partial charge on any atom is -0.355 e. The van der Waals surface area contributed by atoms with Gasteiger partial charge in [0.25, 0.3) is 0 Å². The Hall–Kier alpha value is -2.57. The predicted octanol–water partition coefficient (Wildman–Crippen LogP) is 3.49. The SMILES string of the molecule is O=C(CCNC(=O)C1CCN(c2ccc(Cl)c(Cl)c2)C1=O)Nc1ccccc1. The number of benzene rings is 2. The van der Waals surface area contributed by atoms with Crippen LogP contribution in [-0.2, 0) is 14.4 Å². The van der Waals surface area contributed by atoms with E-state index in [0.29, 0.717) is 34.4 Å². The van der Waals surface area contributed by atoms with Crippen molar-refractivity contribution >= 4 is 52.3 Å². The molecule has 2 aromatic rings. The lowest BCUT2D eigenvalue weighted by Gasteiger charge is -2.17. The molecule has 0 bridgehead atoms. The van der Waals surface area contributed by atoms with E-state index in [2.05, 4.69) is 10.6 Å². The van der Waals surface area contributed by atoms with Crippen molar-refractivity contribution in [2.24, 2.45) is 5.92 Å². The van der Waals surface area contributed by atoms with Gasteiger partial charge in [-0.15, -0.1) is 0 Å². The van der Waals surface area contributed by atoms with Crippen LogP contribution in [0.5, 0.6) is 0 Å². The maximum absolute atomic E-state index is 12.6. The number of halogens is 2. The van der Waals surface area contributed by atoms with Gasteiger partial charge in [-0.3, -0.25) is 14.4 Å². The zero-order valence-corrected chi connectivity index (χ0v) is 16.5. The molecule has 1 atom stereocenters. The van der Waals surface area contributed by atoms with E-state index in [1.807, 2.05) is 18.2 Å². The molecule has 146 valence electrons. The van der Waals surface area contributed by atoms with Crippen LogP contribution in [0.15, 0.2) is 48.5 Å². The van der Waals surface area contributed by atoms with Gasteiger partial charge in [0, 0.05) is 30.9 Å². The summed E-state index contributed by atoms with van der Waals surface area (Å²) in [6, 6.07) is 14.0. The van der Waals surface area contributed by atoms with Crippen LogP contribution >= 0.6 is 23.2 Å². The number of amides is 3. The van der Waals surface area contributed by atoms with E-state index in [1.165, 1.54) is 4.90 Å². The molecule has 3 rings (SSSR count). The standard InChI is InChI=1S/C20H19Cl2N3O3/c21-16-7-6-14(12-17(16)22)25-11-9-15(20(25)28)19(27)23-10-8-18(26)24-13-4-2-1-3-5-13/h1-7,12,15H,8-11H2,(H,23,27)(H,24,26). The third kappa shape index (κ3) is 4.82. The van der Waals surface area contributed by atoms with Crippen LogP contribution in [0.2, 0.25) is 10.0 Å². The Morgan fingerprint density at radius 1 is 1.07 bits per heavy atom. The molecule has 3 amide bonds. The van der Waals surface area contributed by atoms with Gasteiger partial charge >= 0.3 is 0 Å². The molecule has 8 heteroatoms. The Labute approximate surface area is 172 Å². The molecule has 1 fully saturated rings. The van der Waals surface area contributed by atoms with Crippen LogP contribution in [0.1, 0.15) is 12.8 Å². The molecule has 0 spiro atoms. The average molecular weight is 420 g/mol. The lowest BCUT2D eigenvalue weighted by Crippen LogP contribution is -2.38. The van der Waals surface area contributed by atoms with Crippen LogP contribution in [0.25, 0.3) is 0 Å². The first kappa shape index (κ1) is 20.2. The van der Waals surface area contributed by atoms with E-state index in [4.69, 9.17) is 23.2 Å². The highest BCUT2D eigenvalue weighted by Gasteiger charge is 2.37. The summed E-state index contributed by atoms with van der Waals surface area (Å²) in [5.41, 5.74) is 1.30. The number of nitrogens with one attached hydrogen (secondary N) is 2. The first-order valence-corrected chi connectivity index (χ1v) is 9.60. The third-order valence-corrected chi connectivity index (χ3v) is 5.18. The molecular formula is C20H19Cl2N3O3. The van der Waals surface area contributed by atoms with E-state index in [-0.39, 0.29) is 30.7 Å².